The Hall–Kier alpha value is -0.420. The summed E-state index contributed by atoms with van der Waals surface area (Å²) >= 11 is 1.64. The fourth-order valence-electron chi connectivity index (χ4n) is 4.29. The molecule has 0 bridgehead atoms. The van der Waals surface area contributed by atoms with E-state index in [0.717, 1.165) is 16.8 Å². The molecule has 2 aliphatic rings. The number of nitrogens with zero attached hydrogens (tertiary/aromatic N) is 1. The van der Waals surface area contributed by atoms with Crippen LogP contribution in [0.5, 0.6) is 0 Å². The summed E-state index contributed by atoms with van der Waals surface area (Å²) in [5.74, 6) is 0.868. The molecule has 0 amide bonds. The zero-order valence-corrected chi connectivity index (χ0v) is 15.4. The van der Waals surface area contributed by atoms with Gasteiger partial charge in [0.05, 0.1) is 0 Å². The predicted octanol–water partition coefficient (Wildman–Crippen LogP) is 3.59. The Morgan fingerprint density at radius 3 is 2.65 bits per heavy atom. The van der Waals surface area contributed by atoms with Crippen molar-refractivity contribution in [3.05, 3.63) is 22.4 Å². The maximum absolute atomic E-state index is 10.6. The van der Waals surface area contributed by atoms with Crippen LogP contribution in [0.15, 0.2) is 17.5 Å². The van der Waals surface area contributed by atoms with Gasteiger partial charge in [-0.3, -0.25) is 0 Å². The van der Waals surface area contributed by atoms with Gasteiger partial charge in [0.25, 0.3) is 0 Å². The first-order valence-electron chi connectivity index (χ1n) is 9.30. The molecule has 3 unspecified atom stereocenters. The lowest BCUT2D eigenvalue weighted by Gasteiger charge is -2.42. The van der Waals surface area contributed by atoms with Gasteiger partial charge in [-0.25, -0.2) is 0 Å². The highest BCUT2D eigenvalue weighted by Crippen LogP contribution is 2.30. The molecular weight excluding hydrogens is 304 g/mol. The van der Waals surface area contributed by atoms with E-state index in [-0.39, 0.29) is 0 Å². The Kier molecular flexibility index (Phi) is 5.78. The van der Waals surface area contributed by atoms with Crippen molar-refractivity contribution >= 4 is 11.3 Å². The smallest absolute Gasteiger partial charge is 0.108 e. The number of piperidine rings is 1. The maximum atomic E-state index is 10.6. The maximum Gasteiger partial charge on any atom is 0.108 e. The molecule has 3 rings (SSSR count). The van der Waals surface area contributed by atoms with Gasteiger partial charge < -0.3 is 15.3 Å². The standard InChI is InChI=1S/C19H32N2OS/c1-15-6-3-4-7-17(15)21-11-9-16(10-12-21)20-14-19(2,22)18-8-5-13-23-18/h5,8,13,15-17,20,22H,3-4,6-7,9-12,14H2,1-2H3. The van der Waals surface area contributed by atoms with Crippen molar-refractivity contribution in [2.45, 2.75) is 70.1 Å². The van der Waals surface area contributed by atoms with E-state index < -0.39 is 5.60 Å². The fourth-order valence-corrected chi connectivity index (χ4v) is 5.08. The van der Waals surface area contributed by atoms with Crippen LogP contribution in [0.2, 0.25) is 0 Å². The third-order valence-electron chi connectivity index (χ3n) is 5.85. The SMILES string of the molecule is CC1CCCCC1N1CCC(NCC(C)(O)c2cccs2)CC1. The lowest BCUT2D eigenvalue weighted by Crippen LogP contribution is -2.51. The number of nitrogens with one attached hydrogen (secondary N) is 1. The number of thiophene rings is 1. The molecule has 3 nitrogen and oxygen atoms in total. The van der Waals surface area contributed by atoms with Crippen molar-refractivity contribution in [1.82, 2.24) is 10.2 Å². The highest BCUT2D eigenvalue weighted by molar-refractivity contribution is 7.10. The summed E-state index contributed by atoms with van der Waals surface area (Å²) in [5.41, 5.74) is -0.747. The number of hydrogen-bond acceptors (Lipinski definition) is 4. The van der Waals surface area contributed by atoms with Crippen LogP contribution in [-0.2, 0) is 5.60 Å². The van der Waals surface area contributed by atoms with Gasteiger partial charge in [-0.05, 0) is 63.1 Å². The van der Waals surface area contributed by atoms with E-state index in [0.29, 0.717) is 12.6 Å². The van der Waals surface area contributed by atoms with E-state index in [9.17, 15) is 5.11 Å². The quantitative estimate of drug-likeness (QED) is 0.862. The van der Waals surface area contributed by atoms with Gasteiger partial charge in [-0.2, -0.15) is 0 Å². The highest BCUT2D eigenvalue weighted by Gasteiger charge is 2.31. The average Bonchev–Trinajstić information content (AvgIpc) is 3.10. The summed E-state index contributed by atoms with van der Waals surface area (Å²) in [6, 6.07) is 5.41. The van der Waals surface area contributed by atoms with Gasteiger partial charge >= 0.3 is 0 Å². The summed E-state index contributed by atoms with van der Waals surface area (Å²) in [6.45, 7) is 7.44. The van der Waals surface area contributed by atoms with Crippen molar-refractivity contribution < 1.29 is 5.11 Å². The van der Waals surface area contributed by atoms with E-state index in [2.05, 4.69) is 17.1 Å². The number of aliphatic hydroxyl groups is 1. The largest absolute Gasteiger partial charge is 0.383 e. The van der Waals surface area contributed by atoms with E-state index in [1.807, 2.05) is 24.4 Å². The van der Waals surface area contributed by atoms with Gasteiger partial charge in [-0.1, -0.05) is 25.8 Å². The normalized spacial score (nSPS) is 30.2. The molecular formula is C19H32N2OS. The van der Waals surface area contributed by atoms with Crippen molar-refractivity contribution in [3.8, 4) is 0 Å². The third-order valence-corrected chi connectivity index (χ3v) is 6.97. The van der Waals surface area contributed by atoms with Crippen LogP contribution in [0.3, 0.4) is 0 Å². The lowest BCUT2D eigenvalue weighted by atomic mass is 9.84. The van der Waals surface area contributed by atoms with Crippen molar-refractivity contribution in [2.75, 3.05) is 19.6 Å². The van der Waals surface area contributed by atoms with Crippen molar-refractivity contribution in [2.24, 2.45) is 5.92 Å². The van der Waals surface area contributed by atoms with Gasteiger partial charge in [0, 0.05) is 23.5 Å². The fraction of sp³-hybridized carbons (Fsp3) is 0.789. The zero-order valence-electron chi connectivity index (χ0n) is 14.6. The second kappa shape index (κ2) is 7.64. The molecule has 0 radical (unpaired) electrons. The Morgan fingerprint density at radius 1 is 1.26 bits per heavy atom. The number of hydrogen-bond donors (Lipinski definition) is 2. The van der Waals surface area contributed by atoms with Gasteiger partial charge in [0.1, 0.15) is 5.60 Å². The molecule has 0 spiro atoms. The minimum atomic E-state index is -0.747. The highest BCUT2D eigenvalue weighted by atomic mass is 32.1. The molecule has 0 aromatic carbocycles. The minimum absolute atomic E-state index is 0.552. The minimum Gasteiger partial charge on any atom is -0.383 e. The molecule has 1 aliphatic heterocycles. The van der Waals surface area contributed by atoms with Crippen LogP contribution in [0, 0.1) is 5.92 Å². The summed E-state index contributed by atoms with van der Waals surface area (Å²) in [5, 5.41) is 16.3. The molecule has 2 heterocycles. The first-order valence-corrected chi connectivity index (χ1v) is 10.2. The molecule has 23 heavy (non-hydrogen) atoms. The topological polar surface area (TPSA) is 35.5 Å². The van der Waals surface area contributed by atoms with Gasteiger partial charge in [0.15, 0.2) is 0 Å². The number of rotatable bonds is 5. The molecule has 1 saturated heterocycles. The number of likely N-dealkylation sites (tertiary alicyclic amines) is 1. The summed E-state index contributed by atoms with van der Waals surface area (Å²) < 4.78 is 0. The van der Waals surface area contributed by atoms with E-state index in [1.165, 1.54) is 51.6 Å². The summed E-state index contributed by atoms with van der Waals surface area (Å²) in [6.07, 6.45) is 8.07. The molecule has 3 atom stereocenters. The Morgan fingerprint density at radius 2 is 2.00 bits per heavy atom. The predicted molar refractivity (Wildman–Crippen MR) is 97.9 cm³/mol. The lowest BCUT2D eigenvalue weighted by molar-refractivity contribution is 0.0464. The van der Waals surface area contributed by atoms with E-state index in [4.69, 9.17) is 0 Å². The summed E-state index contributed by atoms with van der Waals surface area (Å²) in [7, 11) is 0. The van der Waals surface area contributed by atoms with E-state index >= 15 is 0 Å². The first kappa shape index (κ1) is 17.4. The second-order valence-corrected chi connectivity index (χ2v) is 8.72. The first-order chi connectivity index (χ1) is 11.1. The zero-order chi connectivity index (χ0) is 16.3. The second-order valence-electron chi connectivity index (χ2n) is 7.77. The van der Waals surface area contributed by atoms with Gasteiger partial charge in [-0.15, -0.1) is 11.3 Å². The van der Waals surface area contributed by atoms with Crippen molar-refractivity contribution in [3.63, 3.8) is 0 Å². The molecule has 1 aromatic heterocycles. The Bertz CT molecular complexity index is 466. The summed E-state index contributed by atoms with van der Waals surface area (Å²) in [4.78, 5) is 3.79. The van der Waals surface area contributed by atoms with E-state index in [1.54, 1.807) is 11.3 Å². The average molecular weight is 337 g/mol. The Labute approximate surface area is 145 Å². The molecule has 1 aliphatic carbocycles. The van der Waals surface area contributed by atoms with Crippen LogP contribution < -0.4 is 5.32 Å². The molecule has 130 valence electrons. The van der Waals surface area contributed by atoms with Crippen LogP contribution in [0.4, 0.5) is 0 Å². The molecule has 2 fully saturated rings. The monoisotopic (exact) mass is 336 g/mol. The van der Waals surface area contributed by atoms with Gasteiger partial charge in [0.2, 0.25) is 0 Å². The molecule has 4 heteroatoms. The van der Waals surface area contributed by atoms with Crippen molar-refractivity contribution in [1.29, 1.82) is 0 Å². The van der Waals surface area contributed by atoms with Crippen LogP contribution in [-0.4, -0.2) is 41.7 Å². The van der Waals surface area contributed by atoms with Crippen LogP contribution in [0.25, 0.3) is 0 Å². The van der Waals surface area contributed by atoms with Crippen LogP contribution >= 0.6 is 11.3 Å². The third kappa shape index (κ3) is 4.36. The molecule has 2 N–H and O–H groups in total. The molecule has 1 aromatic rings. The Balaban J connectivity index is 1.44. The van der Waals surface area contributed by atoms with Crippen LogP contribution in [0.1, 0.15) is 57.2 Å². The molecule has 1 saturated carbocycles.